The smallest absolute Gasteiger partial charge is 0.243 e. The van der Waals surface area contributed by atoms with Gasteiger partial charge in [0.1, 0.15) is 10.7 Å². The molecule has 0 spiro atoms. The molecule has 0 amide bonds. The molecule has 0 bridgehead atoms. The summed E-state index contributed by atoms with van der Waals surface area (Å²) in [5, 5.41) is 8.86. The van der Waals surface area contributed by atoms with Gasteiger partial charge >= 0.3 is 0 Å². The molecule has 20 heavy (non-hydrogen) atoms. The highest BCUT2D eigenvalue weighted by atomic mass is 32.2. The van der Waals surface area contributed by atoms with E-state index in [4.69, 9.17) is 9.84 Å². The highest BCUT2D eigenvalue weighted by Gasteiger charge is 2.21. The quantitative estimate of drug-likeness (QED) is 0.703. The molecule has 0 radical (unpaired) electrons. The summed E-state index contributed by atoms with van der Waals surface area (Å²) in [7, 11) is -3.89. The Kier molecular flexibility index (Phi) is 5.09. The van der Waals surface area contributed by atoms with E-state index >= 15 is 0 Å². The molecule has 0 saturated heterocycles. The van der Waals surface area contributed by atoms with Gasteiger partial charge in [0.05, 0.1) is 13.2 Å². The topological polar surface area (TPSA) is 75.6 Å². The van der Waals surface area contributed by atoms with Crippen molar-refractivity contribution in [3.8, 4) is 0 Å². The van der Waals surface area contributed by atoms with Crippen LogP contribution < -0.4 is 4.72 Å². The molecule has 5 nitrogen and oxygen atoms in total. The fourth-order valence-electron chi connectivity index (χ4n) is 1.72. The van der Waals surface area contributed by atoms with E-state index in [-0.39, 0.29) is 19.8 Å². The summed E-state index contributed by atoms with van der Waals surface area (Å²) >= 11 is 0. The maximum absolute atomic E-state index is 13.7. The Morgan fingerprint density at radius 3 is 2.75 bits per heavy atom. The first kappa shape index (κ1) is 15.4. The van der Waals surface area contributed by atoms with Gasteiger partial charge in [-0.05, 0) is 36.5 Å². The van der Waals surface area contributed by atoms with Crippen molar-refractivity contribution in [2.24, 2.45) is 5.92 Å². The van der Waals surface area contributed by atoms with E-state index in [2.05, 4.69) is 4.72 Å². The number of aliphatic hydroxyl groups excluding tert-OH is 1. The minimum absolute atomic E-state index is 0.107. The Morgan fingerprint density at radius 1 is 1.40 bits per heavy atom. The summed E-state index contributed by atoms with van der Waals surface area (Å²) in [6.45, 7) is 0.698. The largest absolute Gasteiger partial charge is 0.392 e. The van der Waals surface area contributed by atoms with Gasteiger partial charge in [0, 0.05) is 13.2 Å². The molecule has 2 N–H and O–H groups in total. The van der Waals surface area contributed by atoms with E-state index in [9.17, 15) is 12.8 Å². The van der Waals surface area contributed by atoms with Crippen molar-refractivity contribution >= 4 is 10.0 Å². The molecule has 7 heteroatoms. The molecule has 1 saturated carbocycles. The third-order valence-electron chi connectivity index (χ3n) is 3.06. The number of aliphatic hydroxyl groups is 1. The van der Waals surface area contributed by atoms with E-state index in [0.717, 1.165) is 12.1 Å². The number of benzene rings is 1. The van der Waals surface area contributed by atoms with Crippen LogP contribution in [-0.4, -0.2) is 33.3 Å². The van der Waals surface area contributed by atoms with Crippen LogP contribution in [-0.2, 0) is 21.4 Å². The zero-order chi connectivity index (χ0) is 14.6. The molecule has 1 aromatic rings. The Bertz CT molecular complexity index is 557. The van der Waals surface area contributed by atoms with Gasteiger partial charge in [0.15, 0.2) is 0 Å². The first-order chi connectivity index (χ1) is 9.53. The summed E-state index contributed by atoms with van der Waals surface area (Å²) in [4.78, 5) is -0.420. The summed E-state index contributed by atoms with van der Waals surface area (Å²) < 4.78 is 45.0. The molecule has 0 aliphatic heterocycles. The summed E-state index contributed by atoms with van der Waals surface area (Å²) in [5.41, 5.74) is 0.328. The van der Waals surface area contributed by atoms with Crippen LogP contribution in [0.2, 0.25) is 0 Å². The van der Waals surface area contributed by atoms with E-state index < -0.39 is 20.7 Å². The predicted molar refractivity (Wildman–Crippen MR) is 71.1 cm³/mol. The molecule has 0 aromatic heterocycles. The van der Waals surface area contributed by atoms with Crippen molar-refractivity contribution in [1.82, 2.24) is 4.72 Å². The zero-order valence-corrected chi connectivity index (χ0v) is 11.8. The van der Waals surface area contributed by atoms with Gasteiger partial charge in [-0.3, -0.25) is 0 Å². The van der Waals surface area contributed by atoms with Crippen molar-refractivity contribution in [2.75, 3.05) is 19.8 Å². The lowest BCUT2D eigenvalue weighted by molar-refractivity contribution is 0.129. The van der Waals surface area contributed by atoms with Crippen molar-refractivity contribution in [3.63, 3.8) is 0 Å². The van der Waals surface area contributed by atoms with Crippen LogP contribution in [0.25, 0.3) is 0 Å². The normalized spacial score (nSPS) is 15.5. The molecular weight excluding hydrogens is 285 g/mol. The van der Waals surface area contributed by atoms with Crippen LogP contribution in [0.5, 0.6) is 0 Å². The zero-order valence-electron chi connectivity index (χ0n) is 11.0. The second-order valence-electron chi connectivity index (χ2n) is 4.84. The van der Waals surface area contributed by atoms with Gasteiger partial charge in [0.2, 0.25) is 10.0 Å². The van der Waals surface area contributed by atoms with E-state index in [1.54, 1.807) is 0 Å². The number of ether oxygens (including phenoxy) is 1. The molecule has 1 fully saturated rings. The second kappa shape index (κ2) is 6.62. The average Bonchev–Trinajstić information content (AvgIpc) is 3.21. The molecule has 1 aromatic carbocycles. The van der Waals surface area contributed by atoms with Crippen molar-refractivity contribution in [1.29, 1.82) is 0 Å². The van der Waals surface area contributed by atoms with Crippen LogP contribution >= 0.6 is 0 Å². The van der Waals surface area contributed by atoms with Crippen LogP contribution in [0.1, 0.15) is 18.4 Å². The Labute approximate surface area is 117 Å². The third-order valence-corrected chi connectivity index (χ3v) is 4.55. The lowest BCUT2D eigenvalue weighted by Crippen LogP contribution is -2.28. The van der Waals surface area contributed by atoms with Crippen LogP contribution in [0.3, 0.4) is 0 Å². The number of rotatable bonds is 8. The van der Waals surface area contributed by atoms with Gasteiger partial charge in [-0.15, -0.1) is 0 Å². The molecular formula is C13H18FNO4S. The molecule has 112 valence electrons. The van der Waals surface area contributed by atoms with Gasteiger partial charge in [-0.1, -0.05) is 6.07 Å². The van der Waals surface area contributed by atoms with Gasteiger partial charge in [-0.25, -0.2) is 17.5 Å². The summed E-state index contributed by atoms with van der Waals surface area (Å²) in [5.74, 6) is -0.252. The molecule has 0 heterocycles. The maximum Gasteiger partial charge on any atom is 0.243 e. The van der Waals surface area contributed by atoms with Gasteiger partial charge in [-0.2, -0.15) is 0 Å². The van der Waals surface area contributed by atoms with Crippen molar-refractivity contribution < 1.29 is 22.7 Å². The SMILES string of the molecule is O=S(=O)(NCCOCC1CC1)c1ccc(CO)cc1F. The summed E-state index contributed by atoms with van der Waals surface area (Å²) in [6.07, 6.45) is 2.35. The van der Waals surface area contributed by atoms with Gasteiger partial charge < -0.3 is 9.84 Å². The lowest BCUT2D eigenvalue weighted by atomic mass is 10.2. The average molecular weight is 303 g/mol. The van der Waals surface area contributed by atoms with E-state index in [0.29, 0.717) is 18.1 Å². The Morgan fingerprint density at radius 2 is 2.15 bits per heavy atom. The molecule has 1 aliphatic rings. The number of halogens is 1. The highest BCUT2D eigenvalue weighted by molar-refractivity contribution is 7.89. The standard InChI is InChI=1S/C13H18FNO4S/c14-12-7-11(8-16)3-4-13(12)20(17,18)15-5-6-19-9-10-1-2-10/h3-4,7,10,15-16H,1-2,5-6,8-9H2. The number of nitrogens with one attached hydrogen (secondary N) is 1. The first-order valence-corrected chi connectivity index (χ1v) is 7.98. The van der Waals surface area contributed by atoms with E-state index in [1.807, 2.05) is 0 Å². The van der Waals surface area contributed by atoms with Gasteiger partial charge in [0.25, 0.3) is 0 Å². The maximum atomic E-state index is 13.7. The summed E-state index contributed by atoms with van der Waals surface area (Å²) in [6, 6.07) is 3.54. The molecule has 1 aliphatic carbocycles. The first-order valence-electron chi connectivity index (χ1n) is 6.49. The Hall–Kier alpha value is -1.02. The fraction of sp³-hybridized carbons (Fsp3) is 0.538. The second-order valence-corrected chi connectivity index (χ2v) is 6.57. The fourth-order valence-corrected chi connectivity index (χ4v) is 2.79. The molecule has 0 atom stereocenters. The monoisotopic (exact) mass is 303 g/mol. The number of sulfonamides is 1. The van der Waals surface area contributed by atoms with Crippen LogP contribution in [0.15, 0.2) is 23.1 Å². The van der Waals surface area contributed by atoms with Crippen LogP contribution in [0, 0.1) is 11.7 Å². The minimum atomic E-state index is -3.89. The minimum Gasteiger partial charge on any atom is -0.392 e. The van der Waals surface area contributed by atoms with Crippen molar-refractivity contribution in [2.45, 2.75) is 24.3 Å². The highest BCUT2D eigenvalue weighted by Crippen LogP contribution is 2.28. The third kappa shape index (κ3) is 4.24. The predicted octanol–water partition coefficient (Wildman–Crippen LogP) is 1.02. The Balaban J connectivity index is 1.88. The number of hydrogen-bond donors (Lipinski definition) is 2. The molecule has 0 unspecified atom stereocenters. The number of hydrogen-bond acceptors (Lipinski definition) is 4. The van der Waals surface area contributed by atoms with Crippen molar-refractivity contribution in [3.05, 3.63) is 29.6 Å². The van der Waals surface area contributed by atoms with Crippen LogP contribution in [0.4, 0.5) is 4.39 Å². The molecule has 2 rings (SSSR count). The lowest BCUT2D eigenvalue weighted by Gasteiger charge is -2.09. The van der Waals surface area contributed by atoms with E-state index in [1.165, 1.54) is 18.9 Å².